The number of carboxylic acid groups (broad SMARTS) is 1. The number of rotatable bonds is 4. The predicted octanol–water partition coefficient (Wildman–Crippen LogP) is 1.18. The molecule has 0 unspecified atom stereocenters. The Kier molecular flexibility index (Phi) is 3.54. The largest absolute Gasteiger partial charge is 0.465 e. The maximum Gasteiger partial charge on any atom is 0.405 e. The zero-order valence-electron chi connectivity index (χ0n) is 8.10. The van der Waals surface area contributed by atoms with E-state index >= 15 is 0 Å². The molecule has 1 saturated heterocycles. The number of amides is 1. The van der Waals surface area contributed by atoms with E-state index in [1.807, 2.05) is 0 Å². The van der Waals surface area contributed by atoms with Gasteiger partial charge in [0.2, 0.25) is 0 Å². The Morgan fingerprint density at radius 1 is 1.69 bits per heavy atom. The summed E-state index contributed by atoms with van der Waals surface area (Å²) in [6.07, 6.45) is 3.16. The third kappa shape index (κ3) is 2.88. The van der Waals surface area contributed by atoms with Crippen LogP contribution in [0.25, 0.3) is 0 Å². The number of hydrogen-bond donors (Lipinski definition) is 3. The number of carbonyl (C=O) groups is 1. The third-order valence-corrected chi connectivity index (χ3v) is 2.62. The second kappa shape index (κ2) is 4.46. The van der Waals surface area contributed by atoms with Gasteiger partial charge in [-0.3, -0.25) is 0 Å². The fourth-order valence-corrected chi connectivity index (χ4v) is 1.87. The van der Waals surface area contributed by atoms with Crippen LogP contribution in [0.4, 0.5) is 4.79 Å². The van der Waals surface area contributed by atoms with E-state index in [1.165, 1.54) is 0 Å². The second-order valence-electron chi connectivity index (χ2n) is 3.74. The molecular weight excluding hydrogens is 168 g/mol. The lowest BCUT2D eigenvalue weighted by atomic mass is 9.92. The molecule has 1 atom stereocenters. The quantitative estimate of drug-likeness (QED) is 0.617. The number of hydrogen-bond acceptors (Lipinski definition) is 2. The van der Waals surface area contributed by atoms with Gasteiger partial charge in [-0.25, -0.2) is 4.79 Å². The van der Waals surface area contributed by atoms with E-state index in [4.69, 9.17) is 5.11 Å². The van der Waals surface area contributed by atoms with Gasteiger partial charge < -0.3 is 15.7 Å². The molecule has 1 rings (SSSR count). The first-order valence-corrected chi connectivity index (χ1v) is 4.90. The molecule has 1 fully saturated rings. The molecule has 1 heterocycles. The highest BCUT2D eigenvalue weighted by molar-refractivity contribution is 5.65. The van der Waals surface area contributed by atoms with Gasteiger partial charge in [0.05, 0.1) is 5.54 Å². The Morgan fingerprint density at radius 3 is 2.92 bits per heavy atom. The maximum atomic E-state index is 10.6. The van der Waals surface area contributed by atoms with Gasteiger partial charge in [-0.05, 0) is 19.4 Å². The first kappa shape index (κ1) is 10.3. The van der Waals surface area contributed by atoms with Gasteiger partial charge in [-0.15, -0.1) is 0 Å². The van der Waals surface area contributed by atoms with E-state index in [0.29, 0.717) is 0 Å². The van der Waals surface area contributed by atoms with E-state index in [-0.39, 0.29) is 5.54 Å². The molecule has 4 heteroatoms. The number of nitrogens with one attached hydrogen (secondary N) is 2. The molecule has 3 N–H and O–H groups in total. The SMILES string of the molecule is CCCC[C@]1(NC(=O)O)CCNC1. The van der Waals surface area contributed by atoms with Crippen molar-refractivity contribution in [3.63, 3.8) is 0 Å². The van der Waals surface area contributed by atoms with Crippen LogP contribution in [-0.2, 0) is 0 Å². The van der Waals surface area contributed by atoms with Crippen LogP contribution in [0.3, 0.4) is 0 Å². The van der Waals surface area contributed by atoms with Crippen molar-refractivity contribution in [2.24, 2.45) is 0 Å². The van der Waals surface area contributed by atoms with E-state index in [0.717, 1.165) is 38.8 Å². The summed E-state index contributed by atoms with van der Waals surface area (Å²) in [5.41, 5.74) is -0.193. The molecule has 4 nitrogen and oxygen atoms in total. The fraction of sp³-hybridized carbons (Fsp3) is 0.889. The predicted molar refractivity (Wildman–Crippen MR) is 50.9 cm³/mol. The van der Waals surface area contributed by atoms with Gasteiger partial charge in [-0.1, -0.05) is 19.8 Å². The summed E-state index contributed by atoms with van der Waals surface area (Å²) < 4.78 is 0. The smallest absolute Gasteiger partial charge is 0.405 e. The van der Waals surface area contributed by atoms with E-state index in [1.54, 1.807) is 0 Å². The molecule has 1 aliphatic rings. The van der Waals surface area contributed by atoms with E-state index in [9.17, 15) is 4.79 Å². The van der Waals surface area contributed by atoms with Crippen LogP contribution < -0.4 is 10.6 Å². The summed E-state index contributed by atoms with van der Waals surface area (Å²) in [6, 6.07) is 0. The van der Waals surface area contributed by atoms with Crippen molar-refractivity contribution in [2.75, 3.05) is 13.1 Å². The molecule has 0 aromatic heterocycles. The molecule has 13 heavy (non-hydrogen) atoms. The van der Waals surface area contributed by atoms with Crippen LogP contribution >= 0.6 is 0 Å². The molecule has 0 radical (unpaired) electrons. The minimum atomic E-state index is -0.903. The minimum absolute atomic E-state index is 0.193. The summed E-state index contributed by atoms with van der Waals surface area (Å²) in [6.45, 7) is 3.82. The lowest BCUT2D eigenvalue weighted by Crippen LogP contribution is -2.49. The Balaban J connectivity index is 2.47. The third-order valence-electron chi connectivity index (χ3n) is 2.62. The van der Waals surface area contributed by atoms with Crippen LogP contribution in [0.2, 0.25) is 0 Å². The molecule has 76 valence electrons. The molecule has 0 saturated carbocycles. The molecule has 0 aliphatic carbocycles. The van der Waals surface area contributed by atoms with Crippen molar-refractivity contribution in [1.29, 1.82) is 0 Å². The van der Waals surface area contributed by atoms with Crippen molar-refractivity contribution in [3.05, 3.63) is 0 Å². The maximum absolute atomic E-state index is 10.6. The van der Waals surface area contributed by atoms with Gasteiger partial charge in [0.25, 0.3) is 0 Å². The average molecular weight is 186 g/mol. The van der Waals surface area contributed by atoms with Gasteiger partial charge in [-0.2, -0.15) is 0 Å². The first-order valence-electron chi connectivity index (χ1n) is 4.90. The summed E-state index contributed by atoms with van der Waals surface area (Å²) in [7, 11) is 0. The van der Waals surface area contributed by atoms with Gasteiger partial charge in [0, 0.05) is 6.54 Å². The Bertz CT molecular complexity index is 176. The standard InChI is InChI=1S/C9H18N2O2/c1-2-3-4-9(11-8(12)13)5-6-10-7-9/h10-11H,2-7H2,1H3,(H,12,13)/t9-/m0/s1. The van der Waals surface area contributed by atoms with Crippen LogP contribution in [0.5, 0.6) is 0 Å². The van der Waals surface area contributed by atoms with E-state index in [2.05, 4.69) is 17.6 Å². The lowest BCUT2D eigenvalue weighted by Gasteiger charge is -2.27. The molecule has 1 aliphatic heterocycles. The van der Waals surface area contributed by atoms with Crippen molar-refractivity contribution in [3.8, 4) is 0 Å². The van der Waals surface area contributed by atoms with Crippen molar-refractivity contribution >= 4 is 6.09 Å². The summed E-state index contributed by atoms with van der Waals surface area (Å²) in [5, 5.41) is 14.5. The Hall–Kier alpha value is -0.770. The summed E-state index contributed by atoms with van der Waals surface area (Å²) in [4.78, 5) is 10.6. The van der Waals surface area contributed by atoms with Crippen molar-refractivity contribution < 1.29 is 9.90 Å². The van der Waals surface area contributed by atoms with E-state index < -0.39 is 6.09 Å². The minimum Gasteiger partial charge on any atom is -0.465 e. The molecule has 0 bridgehead atoms. The molecular formula is C9H18N2O2. The zero-order valence-corrected chi connectivity index (χ0v) is 8.10. The van der Waals surface area contributed by atoms with Crippen LogP contribution in [0, 0.1) is 0 Å². The topological polar surface area (TPSA) is 61.4 Å². The normalized spacial score (nSPS) is 27.5. The highest BCUT2D eigenvalue weighted by Gasteiger charge is 2.34. The highest BCUT2D eigenvalue weighted by Crippen LogP contribution is 2.21. The fourth-order valence-electron chi connectivity index (χ4n) is 1.87. The highest BCUT2D eigenvalue weighted by atomic mass is 16.4. The first-order chi connectivity index (χ1) is 6.18. The van der Waals surface area contributed by atoms with Crippen LogP contribution in [0.15, 0.2) is 0 Å². The summed E-state index contributed by atoms with van der Waals surface area (Å²) >= 11 is 0. The van der Waals surface area contributed by atoms with Gasteiger partial charge in [0.1, 0.15) is 0 Å². The lowest BCUT2D eigenvalue weighted by molar-refractivity contribution is 0.177. The van der Waals surface area contributed by atoms with Crippen LogP contribution in [-0.4, -0.2) is 29.8 Å². The Morgan fingerprint density at radius 2 is 2.46 bits per heavy atom. The molecule has 0 aromatic carbocycles. The van der Waals surface area contributed by atoms with Crippen molar-refractivity contribution in [1.82, 2.24) is 10.6 Å². The average Bonchev–Trinajstić information content (AvgIpc) is 2.49. The van der Waals surface area contributed by atoms with Gasteiger partial charge in [0.15, 0.2) is 0 Å². The van der Waals surface area contributed by atoms with Gasteiger partial charge >= 0.3 is 6.09 Å². The zero-order chi connectivity index (χ0) is 9.73. The second-order valence-corrected chi connectivity index (χ2v) is 3.74. The monoisotopic (exact) mass is 186 g/mol. The molecule has 0 aromatic rings. The number of unbranched alkanes of at least 4 members (excludes halogenated alkanes) is 1. The Labute approximate surface area is 78.7 Å². The molecule has 1 amide bonds. The van der Waals surface area contributed by atoms with Crippen LogP contribution in [0.1, 0.15) is 32.6 Å². The molecule has 0 spiro atoms. The summed E-state index contributed by atoms with van der Waals surface area (Å²) in [5.74, 6) is 0. The van der Waals surface area contributed by atoms with Crippen molar-refractivity contribution in [2.45, 2.75) is 38.1 Å².